The van der Waals surface area contributed by atoms with Crippen LogP contribution < -0.4 is 11.5 Å². The van der Waals surface area contributed by atoms with E-state index in [4.69, 9.17) is 16.6 Å². The minimum absolute atomic E-state index is 0. The normalized spacial score (nSPS) is 11.9. The first-order valence-corrected chi connectivity index (χ1v) is 4.09. The van der Waals surface area contributed by atoms with Crippen LogP contribution >= 0.6 is 12.4 Å². The fourth-order valence-corrected chi connectivity index (χ4v) is 1.10. The van der Waals surface area contributed by atoms with Crippen LogP contribution in [0.25, 0.3) is 0 Å². The van der Waals surface area contributed by atoms with Gasteiger partial charge in [-0.15, -0.1) is 12.4 Å². The summed E-state index contributed by atoms with van der Waals surface area (Å²) in [7, 11) is 0. The summed E-state index contributed by atoms with van der Waals surface area (Å²) in [5.74, 6) is -1.01. The number of phenols is 1. The molecule has 14 heavy (non-hydrogen) atoms. The van der Waals surface area contributed by atoms with E-state index in [2.05, 4.69) is 0 Å². The Morgan fingerprint density at radius 1 is 1.43 bits per heavy atom. The van der Waals surface area contributed by atoms with Gasteiger partial charge in [-0.1, -0.05) is 6.07 Å². The van der Waals surface area contributed by atoms with Crippen LogP contribution in [0.3, 0.4) is 0 Å². The molecule has 0 aliphatic rings. The second-order valence-corrected chi connectivity index (χ2v) is 2.89. The van der Waals surface area contributed by atoms with Crippen LogP contribution in [0, 0.1) is 5.82 Å². The van der Waals surface area contributed by atoms with Gasteiger partial charge in [0, 0.05) is 6.04 Å². The smallest absolute Gasteiger partial charge is 0.165 e. The van der Waals surface area contributed by atoms with Gasteiger partial charge in [0.15, 0.2) is 11.6 Å². The SMILES string of the molecule is Cl.NCC[C@@H](N)c1ccc(O)c(F)c1. The summed E-state index contributed by atoms with van der Waals surface area (Å²) >= 11 is 0. The van der Waals surface area contributed by atoms with E-state index in [-0.39, 0.29) is 24.2 Å². The third-order valence-electron chi connectivity index (χ3n) is 1.88. The summed E-state index contributed by atoms with van der Waals surface area (Å²) in [6.07, 6.45) is 0.601. The highest BCUT2D eigenvalue weighted by molar-refractivity contribution is 5.85. The fourth-order valence-electron chi connectivity index (χ4n) is 1.10. The lowest BCUT2D eigenvalue weighted by Crippen LogP contribution is -2.15. The number of hydrogen-bond acceptors (Lipinski definition) is 3. The first-order valence-electron chi connectivity index (χ1n) is 4.09. The van der Waals surface area contributed by atoms with Crippen molar-refractivity contribution in [3.63, 3.8) is 0 Å². The van der Waals surface area contributed by atoms with E-state index in [1.54, 1.807) is 6.07 Å². The molecule has 0 radical (unpaired) electrons. The molecule has 0 heterocycles. The molecule has 0 bridgehead atoms. The molecule has 0 unspecified atom stereocenters. The van der Waals surface area contributed by atoms with Crippen molar-refractivity contribution in [1.29, 1.82) is 0 Å². The summed E-state index contributed by atoms with van der Waals surface area (Å²) in [6.45, 7) is 0.462. The summed E-state index contributed by atoms with van der Waals surface area (Å²) in [4.78, 5) is 0. The van der Waals surface area contributed by atoms with Crippen molar-refractivity contribution < 1.29 is 9.50 Å². The highest BCUT2D eigenvalue weighted by atomic mass is 35.5. The summed E-state index contributed by atoms with van der Waals surface area (Å²) in [6, 6.07) is 3.86. The number of hydrogen-bond donors (Lipinski definition) is 3. The molecule has 1 rings (SSSR count). The van der Waals surface area contributed by atoms with Crippen LogP contribution in [-0.2, 0) is 0 Å². The molecule has 5 N–H and O–H groups in total. The molecular formula is C9H14ClFN2O. The average Bonchev–Trinajstić information content (AvgIpc) is 2.10. The van der Waals surface area contributed by atoms with Gasteiger partial charge < -0.3 is 16.6 Å². The molecular weight excluding hydrogens is 207 g/mol. The predicted octanol–water partition coefficient (Wildman–Crippen LogP) is 1.30. The van der Waals surface area contributed by atoms with Gasteiger partial charge in [0.1, 0.15) is 0 Å². The monoisotopic (exact) mass is 220 g/mol. The zero-order valence-electron chi connectivity index (χ0n) is 7.61. The molecule has 0 aliphatic heterocycles. The lowest BCUT2D eigenvalue weighted by molar-refractivity contribution is 0.431. The van der Waals surface area contributed by atoms with Crippen molar-refractivity contribution in [2.45, 2.75) is 12.5 Å². The second kappa shape index (κ2) is 5.80. The minimum Gasteiger partial charge on any atom is -0.505 e. The first kappa shape index (κ1) is 13.2. The third-order valence-corrected chi connectivity index (χ3v) is 1.88. The molecule has 0 saturated carbocycles. The van der Waals surface area contributed by atoms with E-state index in [0.717, 1.165) is 0 Å². The maximum Gasteiger partial charge on any atom is 0.165 e. The summed E-state index contributed by atoms with van der Waals surface area (Å²) < 4.78 is 12.8. The van der Waals surface area contributed by atoms with E-state index in [0.29, 0.717) is 18.5 Å². The van der Waals surface area contributed by atoms with Crippen LogP contribution in [-0.4, -0.2) is 11.7 Å². The van der Waals surface area contributed by atoms with Crippen molar-refractivity contribution in [3.8, 4) is 5.75 Å². The average molecular weight is 221 g/mol. The molecule has 0 amide bonds. The lowest BCUT2D eigenvalue weighted by atomic mass is 10.0. The molecule has 5 heteroatoms. The molecule has 3 nitrogen and oxygen atoms in total. The zero-order valence-corrected chi connectivity index (χ0v) is 8.43. The topological polar surface area (TPSA) is 72.3 Å². The van der Waals surface area contributed by atoms with Crippen molar-refractivity contribution in [2.75, 3.05) is 6.54 Å². The van der Waals surface area contributed by atoms with Crippen molar-refractivity contribution >= 4 is 12.4 Å². The van der Waals surface area contributed by atoms with Crippen LogP contribution in [0.2, 0.25) is 0 Å². The quantitative estimate of drug-likeness (QED) is 0.719. The Hall–Kier alpha value is -0.840. The van der Waals surface area contributed by atoms with E-state index in [9.17, 15) is 4.39 Å². The predicted molar refractivity (Wildman–Crippen MR) is 55.9 cm³/mol. The zero-order chi connectivity index (χ0) is 9.84. The van der Waals surface area contributed by atoms with Crippen LogP contribution in [0.5, 0.6) is 5.75 Å². The van der Waals surface area contributed by atoms with E-state index < -0.39 is 5.82 Å². The van der Waals surface area contributed by atoms with Crippen LogP contribution in [0.4, 0.5) is 4.39 Å². The highest BCUT2D eigenvalue weighted by Crippen LogP contribution is 2.20. The molecule has 0 saturated heterocycles. The fraction of sp³-hybridized carbons (Fsp3) is 0.333. The highest BCUT2D eigenvalue weighted by Gasteiger charge is 2.07. The van der Waals surface area contributed by atoms with Crippen molar-refractivity contribution in [1.82, 2.24) is 0 Å². The van der Waals surface area contributed by atoms with Gasteiger partial charge in [0.25, 0.3) is 0 Å². The largest absolute Gasteiger partial charge is 0.505 e. The van der Waals surface area contributed by atoms with Gasteiger partial charge in [-0.3, -0.25) is 0 Å². The van der Waals surface area contributed by atoms with Gasteiger partial charge in [-0.05, 0) is 30.7 Å². The molecule has 0 fully saturated rings. The van der Waals surface area contributed by atoms with Gasteiger partial charge in [0.05, 0.1) is 0 Å². The van der Waals surface area contributed by atoms with Gasteiger partial charge in [-0.25, -0.2) is 4.39 Å². The maximum atomic E-state index is 12.8. The Bertz CT molecular complexity index is 296. The summed E-state index contributed by atoms with van der Waals surface area (Å²) in [5, 5.41) is 8.91. The number of rotatable bonds is 3. The number of halogens is 2. The molecule has 0 aromatic heterocycles. The third kappa shape index (κ3) is 3.14. The number of phenolic OH excluding ortho intramolecular Hbond substituents is 1. The van der Waals surface area contributed by atoms with Crippen LogP contribution in [0.15, 0.2) is 18.2 Å². The standard InChI is InChI=1S/C9H13FN2O.ClH/c10-7-5-6(1-2-9(7)13)8(12)3-4-11;/h1-2,5,8,13H,3-4,11-12H2;1H/t8-;/m1./s1. The van der Waals surface area contributed by atoms with Crippen molar-refractivity contribution in [2.24, 2.45) is 11.5 Å². The molecule has 1 aromatic carbocycles. The number of nitrogens with two attached hydrogens (primary N) is 2. The first-order chi connectivity index (χ1) is 6.15. The maximum absolute atomic E-state index is 12.8. The Morgan fingerprint density at radius 2 is 2.07 bits per heavy atom. The molecule has 0 spiro atoms. The Labute approximate surface area is 88.3 Å². The number of aromatic hydroxyl groups is 1. The number of benzene rings is 1. The molecule has 1 atom stereocenters. The lowest BCUT2D eigenvalue weighted by Gasteiger charge is -2.10. The van der Waals surface area contributed by atoms with Gasteiger partial charge in [0.2, 0.25) is 0 Å². The van der Waals surface area contributed by atoms with Gasteiger partial charge >= 0.3 is 0 Å². The molecule has 80 valence electrons. The Morgan fingerprint density at radius 3 is 2.57 bits per heavy atom. The molecule has 1 aromatic rings. The van der Waals surface area contributed by atoms with E-state index in [1.165, 1.54) is 12.1 Å². The summed E-state index contributed by atoms with van der Waals surface area (Å²) in [5.41, 5.74) is 11.7. The Kier molecular flexibility index (Phi) is 5.45. The minimum atomic E-state index is -0.648. The van der Waals surface area contributed by atoms with Gasteiger partial charge in [-0.2, -0.15) is 0 Å². The van der Waals surface area contributed by atoms with Crippen LogP contribution in [0.1, 0.15) is 18.0 Å². The second-order valence-electron chi connectivity index (χ2n) is 2.89. The van der Waals surface area contributed by atoms with E-state index in [1.807, 2.05) is 0 Å². The Balaban J connectivity index is 0.00000169. The van der Waals surface area contributed by atoms with Crippen molar-refractivity contribution in [3.05, 3.63) is 29.6 Å². The molecule has 0 aliphatic carbocycles. The van der Waals surface area contributed by atoms with E-state index >= 15 is 0 Å².